The lowest BCUT2D eigenvalue weighted by Crippen LogP contribution is -2.45. The number of pyridine rings is 1. The van der Waals surface area contributed by atoms with E-state index in [0.717, 1.165) is 5.56 Å². The summed E-state index contributed by atoms with van der Waals surface area (Å²) in [5.41, 5.74) is 0.896. The topological polar surface area (TPSA) is 88.4 Å². The number of aryl methyl sites for hydroxylation is 1. The number of carbonyl (C=O) groups is 1. The number of hydrogen-bond donors (Lipinski definition) is 1. The number of ether oxygens (including phenoxy) is 1. The number of aromatic nitrogens is 4. The molecule has 1 aliphatic rings. The monoisotopic (exact) mass is 569 g/mol. The average Bonchev–Trinajstić information content (AvgIpc) is 3.44. The van der Waals surface area contributed by atoms with Crippen LogP contribution in [0.5, 0.6) is 5.75 Å². The Morgan fingerprint density at radius 2 is 1.78 bits per heavy atom. The molecular formula is C28H27F4N7O2. The van der Waals surface area contributed by atoms with Gasteiger partial charge in [0.15, 0.2) is 5.82 Å². The Kier molecular flexibility index (Phi) is 7.63. The number of benzene rings is 2. The number of rotatable bonds is 6. The first-order valence-corrected chi connectivity index (χ1v) is 12.7. The van der Waals surface area contributed by atoms with Crippen LogP contribution >= 0.6 is 0 Å². The van der Waals surface area contributed by atoms with Crippen molar-refractivity contribution in [3.8, 4) is 22.7 Å². The third-order valence-corrected chi connectivity index (χ3v) is 6.92. The van der Waals surface area contributed by atoms with Crippen molar-refractivity contribution in [1.29, 1.82) is 0 Å². The van der Waals surface area contributed by atoms with E-state index in [4.69, 9.17) is 4.74 Å². The van der Waals surface area contributed by atoms with Gasteiger partial charge in [0, 0.05) is 49.2 Å². The molecule has 2 aromatic carbocycles. The quantitative estimate of drug-likeness (QED) is 0.334. The number of amides is 1. The number of nitrogens with one attached hydrogen (secondary N) is 1. The van der Waals surface area contributed by atoms with Gasteiger partial charge in [-0.05, 0) is 49.9 Å². The third kappa shape index (κ3) is 5.99. The lowest BCUT2D eigenvalue weighted by molar-refractivity contribution is -0.139. The molecule has 5 rings (SSSR count). The molecule has 2 aromatic heterocycles. The molecule has 0 atom stereocenters. The molecule has 0 aliphatic carbocycles. The van der Waals surface area contributed by atoms with Gasteiger partial charge < -0.3 is 19.9 Å². The summed E-state index contributed by atoms with van der Waals surface area (Å²) in [7, 11) is 3.41. The molecule has 41 heavy (non-hydrogen) atoms. The molecule has 3 heterocycles. The van der Waals surface area contributed by atoms with Crippen LogP contribution in [0.3, 0.4) is 0 Å². The van der Waals surface area contributed by atoms with Gasteiger partial charge in [-0.25, -0.2) is 9.07 Å². The predicted octanol–water partition coefficient (Wildman–Crippen LogP) is 4.81. The molecule has 13 heteroatoms. The SMILES string of the molecule is COc1cncc(-c2cn(-c3cc(C(=O)Nc4cc(N5CCN(C)CC5)c(F)c(C(F)(F)F)c4)ccc3C)nn2)c1. The Morgan fingerprint density at radius 3 is 2.49 bits per heavy atom. The van der Waals surface area contributed by atoms with Gasteiger partial charge in [-0.1, -0.05) is 11.3 Å². The zero-order valence-corrected chi connectivity index (χ0v) is 22.5. The van der Waals surface area contributed by atoms with Gasteiger partial charge in [-0.3, -0.25) is 9.78 Å². The number of carbonyl (C=O) groups excluding carboxylic acids is 1. The van der Waals surface area contributed by atoms with E-state index in [9.17, 15) is 18.0 Å². The van der Waals surface area contributed by atoms with Gasteiger partial charge >= 0.3 is 6.18 Å². The summed E-state index contributed by atoms with van der Waals surface area (Å²) < 4.78 is 63.0. The van der Waals surface area contributed by atoms with E-state index in [0.29, 0.717) is 54.9 Å². The van der Waals surface area contributed by atoms with Crippen molar-refractivity contribution in [2.75, 3.05) is 50.6 Å². The fraction of sp³-hybridized carbons (Fsp3) is 0.286. The maximum absolute atomic E-state index is 15.0. The Balaban J connectivity index is 1.43. The Hall–Kier alpha value is -4.52. The summed E-state index contributed by atoms with van der Waals surface area (Å²) in [4.78, 5) is 20.9. The van der Waals surface area contributed by atoms with Crippen molar-refractivity contribution in [3.05, 3.63) is 77.5 Å². The highest BCUT2D eigenvalue weighted by Crippen LogP contribution is 2.38. The average molecular weight is 570 g/mol. The summed E-state index contributed by atoms with van der Waals surface area (Å²) in [5.74, 6) is -1.46. The van der Waals surface area contributed by atoms with Crippen molar-refractivity contribution in [2.24, 2.45) is 0 Å². The molecule has 1 fully saturated rings. The van der Waals surface area contributed by atoms with Crippen LogP contribution in [-0.2, 0) is 6.18 Å². The van der Waals surface area contributed by atoms with E-state index in [1.807, 2.05) is 18.9 Å². The van der Waals surface area contributed by atoms with Crippen molar-refractivity contribution < 1.29 is 27.1 Å². The van der Waals surface area contributed by atoms with E-state index < -0.39 is 23.5 Å². The number of methoxy groups -OCH3 is 1. The number of alkyl halides is 3. The highest BCUT2D eigenvalue weighted by Gasteiger charge is 2.37. The Bertz CT molecular complexity index is 1580. The summed E-state index contributed by atoms with van der Waals surface area (Å²) in [5, 5.41) is 10.9. The molecule has 1 saturated heterocycles. The molecule has 0 radical (unpaired) electrons. The maximum atomic E-state index is 15.0. The van der Waals surface area contributed by atoms with Crippen LogP contribution < -0.4 is 15.0 Å². The molecule has 1 amide bonds. The van der Waals surface area contributed by atoms with Gasteiger partial charge in [0.2, 0.25) is 0 Å². The van der Waals surface area contributed by atoms with Crippen molar-refractivity contribution >= 4 is 17.3 Å². The Labute approximate surface area is 233 Å². The molecule has 0 unspecified atom stereocenters. The predicted molar refractivity (Wildman–Crippen MR) is 145 cm³/mol. The molecule has 9 nitrogen and oxygen atoms in total. The van der Waals surface area contributed by atoms with Crippen LogP contribution in [0.4, 0.5) is 28.9 Å². The fourth-order valence-electron chi connectivity index (χ4n) is 4.55. The number of anilines is 2. The van der Waals surface area contributed by atoms with Gasteiger partial charge in [-0.15, -0.1) is 5.10 Å². The summed E-state index contributed by atoms with van der Waals surface area (Å²) in [6.45, 7) is 3.68. The fourth-order valence-corrected chi connectivity index (χ4v) is 4.55. The van der Waals surface area contributed by atoms with Crippen molar-refractivity contribution in [3.63, 3.8) is 0 Å². The van der Waals surface area contributed by atoms with Gasteiger partial charge in [-0.2, -0.15) is 13.2 Å². The smallest absolute Gasteiger partial charge is 0.419 e. The van der Waals surface area contributed by atoms with E-state index in [2.05, 4.69) is 20.6 Å². The highest BCUT2D eigenvalue weighted by atomic mass is 19.4. The zero-order valence-electron chi connectivity index (χ0n) is 22.5. The Morgan fingerprint density at radius 1 is 1.02 bits per heavy atom. The second kappa shape index (κ2) is 11.2. The van der Waals surface area contributed by atoms with E-state index in [1.165, 1.54) is 17.9 Å². The summed E-state index contributed by atoms with van der Waals surface area (Å²) in [6.07, 6.45) is -0.0976. The normalized spacial score (nSPS) is 14.3. The van der Waals surface area contributed by atoms with Crippen LogP contribution in [0.2, 0.25) is 0 Å². The van der Waals surface area contributed by atoms with E-state index in [1.54, 1.807) is 47.8 Å². The third-order valence-electron chi connectivity index (χ3n) is 6.92. The molecule has 214 valence electrons. The van der Waals surface area contributed by atoms with Gasteiger partial charge in [0.05, 0.1) is 36.4 Å². The maximum Gasteiger partial charge on any atom is 0.419 e. The number of likely N-dealkylation sites (N-methyl/N-ethyl adjacent to an activating group) is 1. The van der Waals surface area contributed by atoms with Crippen molar-refractivity contribution in [2.45, 2.75) is 13.1 Å². The summed E-state index contributed by atoms with van der Waals surface area (Å²) >= 11 is 0. The molecule has 4 aromatic rings. The number of piperazine rings is 1. The second-order valence-corrected chi connectivity index (χ2v) is 9.76. The number of hydrogen-bond acceptors (Lipinski definition) is 7. The van der Waals surface area contributed by atoms with Crippen molar-refractivity contribution in [1.82, 2.24) is 24.9 Å². The van der Waals surface area contributed by atoms with E-state index >= 15 is 4.39 Å². The molecule has 0 spiro atoms. The standard InChI is InChI=1S/C28H27F4N7O2/c1-17-4-5-18(11-24(17)39-16-23(35-36-39)19-10-21(41-3)15-33-14-19)27(40)34-20-12-22(28(30,31)32)26(29)25(13-20)38-8-6-37(2)7-9-38/h4-5,10-16H,6-9H2,1-3H3,(H,34,40). The highest BCUT2D eigenvalue weighted by molar-refractivity contribution is 6.05. The zero-order chi connectivity index (χ0) is 29.3. The van der Waals surface area contributed by atoms with Gasteiger partial charge in [0.25, 0.3) is 5.91 Å². The van der Waals surface area contributed by atoms with Crippen LogP contribution in [0.1, 0.15) is 21.5 Å². The lowest BCUT2D eigenvalue weighted by atomic mass is 10.1. The first-order valence-electron chi connectivity index (χ1n) is 12.7. The van der Waals surface area contributed by atoms with Gasteiger partial charge in [0.1, 0.15) is 11.4 Å². The van der Waals surface area contributed by atoms with E-state index in [-0.39, 0.29) is 16.9 Å². The lowest BCUT2D eigenvalue weighted by Gasteiger charge is -2.34. The molecule has 1 N–H and O–H groups in total. The minimum absolute atomic E-state index is 0.159. The largest absolute Gasteiger partial charge is 0.495 e. The minimum Gasteiger partial charge on any atom is -0.495 e. The number of nitrogens with zero attached hydrogens (tertiary/aromatic N) is 6. The minimum atomic E-state index is -4.94. The first-order chi connectivity index (χ1) is 19.5. The molecule has 0 bridgehead atoms. The summed E-state index contributed by atoms with van der Waals surface area (Å²) in [6, 6.07) is 8.42. The second-order valence-electron chi connectivity index (χ2n) is 9.76. The van der Waals surface area contributed by atoms with Crippen LogP contribution in [0, 0.1) is 12.7 Å². The van der Waals surface area contributed by atoms with Crippen LogP contribution in [0.25, 0.3) is 16.9 Å². The molecule has 1 aliphatic heterocycles. The number of halogens is 4. The molecular weight excluding hydrogens is 542 g/mol. The molecule has 0 saturated carbocycles. The van der Waals surface area contributed by atoms with Crippen LogP contribution in [0.15, 0.2) is 55.0 Å². The van der Waals surface area contributed by atoms with Crippen LogP contribution in [-0.4, -0.2) is 71.1 Å². The first kappa shape index (κ1) is 28.0.